The van der Waals surface area contributed by atoms with E-state index < -0.39 is 0 Å². The lowest BCUT2D eigenvalue weighted by molar-refractivity contribution is 0.0370. The Labute approximate surface area is 127 Å². The van der Waals surface area contributed by atoms with Crippen molar-refractivity contribution in [3.63, 3.8) is 0 Å². The lowest BCUT2D eigenvalue weighted by Gasteiger charge is -2.38. The molecule has 2 unspecified atom stereocenters. The molecule has 19 heavy (non-hydrogen) atoms. The van der Waals surface area contributed by atoms with Gasteiger partial charge < -0.3 is 0 Å². The molecule has 0 aromatic heterocycles. The van der Waals surface area contributed by atoms with Gasteiger partial charge in [-0.15, -0.1) is 0 Å². The molecule has 1 aliphatic heterocycles. The van der Waals surface area contributed by atoms with Gasteiger partial charge in [0.15, 0.2) is 0 Å². The summed E-state index contributed by atoms with van der Waals surface area (Å²) in [6, 6.07) is 6.02. The Morgan fingerprint density at radius 2 is 2.00 bits per heavy atom. The van der Waals surface area contributed by atoms with Crippen LogP contribution >= 0.6 is 27.5 Å². The van der Waals surface area contributed by atoms with E-state index in [1.54, 1.807) is 12.1 Å². The average Bonchev–Trinajstić information content (AvgIpc) is 2.37. The van der Waals surface area contributed by atoms with E-state index >= 15 is 0 Å². The summed E-state index contributed by atoms with van der Waals surface area (Å²) in [5.74, 6) is -0.146. The molecule has 0 radical (unpaired) electrons. The summed E-state index contributed by atoms with van der Waals surface area (Å²) in [5.41, 5.74) is 3.49. The molecule has 0 bridgehead atoms. The maximum Gasteiger partial charge on any atom is 0.267 e. The lowest BCUT2D eigenvalue weighted by Crippen LogP contribution is -2.54. The predicted molar refractivity (Wildman–Crippen MR) is 81.2 cm³/mol. The number of piperidine rings is 1. The molecule has 2 rings (SSSR count). The zero-order chi connectivity index (χ0) is 14.0. The zero-order valence-electron chi connectivity index (χ0n) is 11.1. The first kappa shape index (κ1) is 14.8. The highest BCUT2D eigenvalue weighted by Gasteiger charge is 2.26. The van der Waals surface area contributed by atoms with E-state index in [1.807, 2.05) is 11.1 Å². The molecule has 104 valence electrons. The van der Waals surface area contributed by atoms with E-state index in [0.29, 0.717) is 22.7 Å². The van der Waals surface area contributed by atoms with Gasteiger partial charge in [-0.1, -0.05) is 34.0 Å². The first-order chi connectivity index (χ1) is 8.99. The van der Waals surface area contributed by atoms with Gasteiger partial charge in [0.1, 0.15) is 0 Å². The number of hydrogen-bond donors (Lipinski definition) is 1. The summed E-state index contributed by atoms with van der Waals surface area (Å²) in [7, 11) is 0. The molecule has 1 saturated heterocycles. The average molecular weight is 346 g/mol. The summed E-state index contributed by atoms with van der Waals surface area (Å²) in [6.45, 7) is 4.27. The Balaban J connectivity index is 2.14. The van der Waals surface area contributed by atoms with Gasteiger partial charge in [-0.2, -0.15) is 0 Å². The van der Waals surface area contributed by atoms with Crippen LogP contribution in [0.3, 0.4) is 0 Å². The van der Waals surface area contributed by atoms with Crippen LogP contribution in [0.15, 0.2) is 22.7 Å². The smallest absolute Gasteiger partial charge is 0.267 e. The van der Waals surface area contributed by atoms with Crippen molar-refractivity contribution in [2.75, 3.05) is 0 Å². The van der Waals surface area contributed by atoms with E-state index in [0.717, 1.165) is 17.3 Å². The molecule has 1 amide bonds. The van der Waals surface area contributed by atoms with E-state index in [9.17, 15) is 4.79 Å². The van der Waals surface area contributed by atoms with Crippen LogP contribution in [0.1, 0.15) is 43.5 Å². The molecule has 1 aromatic rings. The van der Waals surface area contributed by atoms with Crippen molar-refractivity contribution in [1.82, 2.24) is 10.4 Å². The molecule has 1 fully saturated rings. The number of amides is 1. The second kappa shape index (κ2) is 6.25. The van der Waals surface area contributed by atoms with Crippen LogP contribution in [0.5, 0.6) is 0 Å². The number of nitrogens with one attached hydrogen (secondary N) is 1. The first-order valence-corrected chi connectivity index (χ1v) is 7.70. The maximum absolute atomic E-state index is 12.3. The van der Waals surface area contributed by atoms with Crippen molar-refractivity contribution >= 4 is 33.4 Å². The highest BCUT2D eigenvalue weighted by Crippen LogP contribution is 2.23. The molecule has 1 aliphatic rings. The van der Waals surface area contributed by atoms with E-state index in [4.69, 9.17) is 11.6 Å². The normalized spacial score (nSPS) is 24.2. The summed E-state index contributed by atoms with van der Waals surface area (Å²) in [5, 5.41) is 2.52. The van der Waals surface area contributed by atoms with Crippen molar-refractivity contribution in [2.24, 2.45) is 0 Å². The van der Waals surface area contributed by atoms with Crippen molar-refractivity contribution in [1.29, 1.82) is 0 Å². The summed E-state index contributed by atoms with van der Waals surface area (Å²) in [4.78, 5) is 12.3. The third-order valence-electron chi connectivity index (χ3n) is 3.60. The minimum absolute atomic E-state index is 0.146. The number of hydrogen-bond acceptors (Lipinski definition) is 2. The van der Waals surface area contributed by atoms with Gasteiger partial charge in [-0.05, 0) is 44.9 Å². The van der Waals surface area contributed by atoms with E-state index in [1.165, 1.54) is 6.42 Å². The molecule has 1 N–H and O–H groups in total. The number of rotatable bonds is 2. The molecule has 2 atom stereocenters. The van der Waals surface area contributed by atoms with Crippen LogP contribution in [0.25, 0.3) is 0 Å². The monoisotopic (exact) mass is 344 g/mol. The predicted octanol–water partition coefficient (Wildman–Crippen LogP) is 4.01. The van der Waals surface area contributed by atoms with Crippen molar-refractivity contribution in [2.45, 2.75) is 45.2 Å². The van der Waals surface area contributed by atoms with Crippen molar-refractivity contribution in [3.8, 4) is 0 Å². The van der Waals surface area contributed by atoms with Crippen LogP contribution in [0, 0.1) is 0 Å². The summed E-state index contributed by atoms with van der Waals surface area (Å²) >= 11 is 9.44. The number of nitrogens with zero attached hydrogens (tertiary/aromatic N) is 1. The van der Waals surface area contributed by atoms with Crippen LogP contribution in [0.2, 0.25) is 5.02 Å². The lowest BCUT2D eigenvalue weighted by atomic mass is 10.00. The van der Waals surface area contributed by atoms with E-state index in [-0.39, 0.29) is 5.91 Å². The molecular formula is C14H18BrClN2O. The Morgan fingerprint density at radius 3 is 2.63 bits per heavy atom. The quantitative estimate of drug-likeness (QED) is 0.878. The van der Waals surface area contributed by atoms with Crippen LogP contribution in [0.4, 0.5) is 0 Å². The summed E-state index contributed by atoms with van der Waals surface area (Å²) in [6.07, 6.45) is 3.43. The Bertz CT molecular complexity index is 471. The van der Waals surface area contributed by atoms with Crippen molar-refractivity contribution in [3.05, 3.63) is 33.3 Å². The molecule has 1 aromatic carbocycles. The van der Waals surface area contributed by atoms with Gasteiger partial charge in [0.25, 0.3) is 5.91 Å². The molecule has 5 heteroatoms. The number of halogens is 2. The molecular weight excluding hydrogens is 328 g/mol. The largest absolute Gasteiger partial charge is 0.284 e. The molecule has 1 heterocycles. The first-order valence-electron chi connectivity index (χ1n) is 6.53. The van der Waals surface area contributed by atoms with E-state index in [2.05, 4.69) is 35.2 Å². The van der Waals surface area contributed by atoms with Crippen LogP contribution in [-0.2, 0) is 0 Å². The topological polar surface area (TPSA) is 32.3 Å². The third kappa shape index (κ3) is 3.50. The van der Waals surface area contributed by atoms with Crippen LogP contribution < -0.4 is 5.43 Å². The number of hydrazine groups is 1. The van der Waals surface area contributed by atoms with Gasteiger partial charge in [0.2, 0.25) is 0 Å². The fraction of sp³-hybridized carbons (Fsp3) is 0.500. The fourth-order valence-electron chi connectivity index (χ4n) is 2.49. The molecule has 0 spiro atoms. The van der Waals surface area contributed by atoms with Gasteiger partial charge in [-0.3, -0.25) is 10.2 Å². The highest BCUT2D eigenvalue weighted by atomic mass is 79.9. The zero-order valence-corrected chi connectivity index (χ0v) is 13.5. The van der Waals surface area contributed by atoms with Gasteiger partial charge >= 0.3 is 0 Å². The second-order valence-electron chi connectivity index (χ2n) is 5.10. The standard InChI is InChI=1S/C14H18BrClN2O/c1-9-4-3-5-10(2)18(9)17-14(19)12-8-11(15)6-7-13(12)16/h6-10H,3-5H2,1-2H3,(H,17,19). The summed E-state index contributed by atoms with van der Waals surface area (Å²) < 4.78 is 0.849. The number of carbonyl (C=O) groups is 1. The number of carbonyl (C=O) groups excluding carboxylic acids is 1. The van der Waals surface area contributed by atoms with Crippen molar-refractivity contribution < 1.29 is 4.79 Å². The SMILES string of the molecule is CC1CCCC(C)N1NC(=O)c1cc(Br)ccc1Cl. The van der Waals surface area contributed by atoms with Crippen LogP contribution in [-0.4, -0.2) is 23.0 Å². The number of benzene rings is 1. The van der Waals surface area contributed by atoms with Gasteiger partial charge in [0, 0.05) is 16.6 Å². The third-order valence-corrected chi connectivity index (χ3v) is 4.42. The minimum atomic E-state index is -0.146. The van der Waals surface area contributed by atoms with Gasteiger partial charge in [-0.25, -0.2) is 5.01 Å². The Morgan fingerprint density at radius 1 is 1.37 bits per heavy atom. The van der Waals surface area contributed by atoms with Gasteiger partial charge in [0.05, 0.1) is 10.6 Å². The molecule has 3 nitrogen and oxygen atoms in total. The highest BCUT2D eigenvalue weighted by molar-refractivity contribution is 9.10. The molecule has 0 saturated carbocycles. The molecule has 0 aliphatic carbocycles. The minimum Gasteiger partial charge on any atom is -0.284 e. The fourth-order valence-corrected chi connectivity index (χ4v) is 3.06. The Kier molecular flexibility index (Phi) is 4.87. The maximum atomic E-state index is 12.3. The Hall–Kier alpha value is -0.580. The second-order valence-corrected chi connectivity index (χ2v) is 6.42.